The van der Waals surface area contributed by atoms with E-state index < -0.39 is 12.7 Å². The van der Waals surface area contributed by atoms with Gasteiger partial charge in [0.1, 0.15) is 5.75 Å². The fraction of sp³-hybridized carbons (Fsp3) is 0.500. The van der Waals surface area contributed by atoms with Gasteiger partial charge in [-0.1, -0.05) is 25.1 Å². The number of ether oxygens (including phenoxy) is 1. The summed E-state index contributed by atoms with van der Waals surface area (Å²) in [6.07, 6.45) is 0.760. The molecule has 0 aromatic heterocycles. The zero-order valence-corrected chi connectivity index (χ0v) is 13.4. The van der Waals surface area contributed by atoms with Crippen molar-refractivity contribution in [3.8, 4) is 5.75 Å². The van der Waals surface area contributed by atoms with E-state index in [9.17, 15) is 18.4 Å². The van der Waals surface area contributed by atoms with Gasteiger partial charge < -0.3 is 20.3 Å². The maximum absolute atomic E-state index is 12.5. The SMILES string of the molecule is CC[C@H](NC(=O)N1CCNC(=O)CC1)c1ccccc1OC(F)F. The van der Waals surface area contributed by atoms with Gasteiger partial charge in [0.2, 0.25) is 5.91 Å². The van der Waals surface area contributed by atoms with Gasteiger partial charge in [0.25, 0.3) is 0 Å². The van der Waals surface area contributed by atoms with E-state index in [0.717, 1.165) is 0 Å². The second kappa shape index (κ2) is 8.47. The molecule has 24 heavy (non-hydrogen) atoms. The molecule has 8 heteroatoms. The quantitative estimate of drug-likeness (QED) is 0.863. The Hall–Kier alpha value is -2.38. The van der Waals surface area contributed by atoms with Crippen LogP contribution in [0.4, 0.5) is 13.6 Å². The average molecular weight is 341 g/mol. The third kappa shape index (κ3) is 4.81. The molecule has 0 spiro atoms. The Bertz CT molecular complexity index is 583. The molecule has 2 N–H and O–H groups in total. The van der Waals surface area contributed by atoms with E-state index in [1.807, 2.05) is 6.92 Å². The average Bonchev–Trinajstić information content (AvgIpc) is 2.77. The van der Waals surface area contributed by atoms with Crippen LogP contribution < -0.4 is 15.4 Å². The molecule has 1 aliphatic heterocycles. The number of benzene rings is 1. The zero-order valence-electron chi connectivity index (χ0n) is 13.4. The van der Waals surface area contributed by atoms with Crippen molar-refractivity contribution in [1.82, 2.24) is 15.5 Å². The topological polar surface area (TPSA) is 70.7 Å². The van der Waals surface area contributed by atoms with E-state index in [-0.39, 0.29) is 24.1 Å². The molecule has 3 amide bonds. The second-order valence-electron chi connectivity index (χ2n) is 5.41. The Morgan fingerprint density at radius 2 is 2.12 bits per heavy atom. The van der Waals surface area contributed by atoms with Gasteiger partial charge in [-0.2, -0.15) is 8.78 Å². The second-order valence-corrected chi connectivity index (χ2v) is 5.41. The summed E-state index contributed by atoms with van der Waals surface area (Å²) in [6, 6.07) is 5.62. The normalized spacial score (nSPS) is 16.3. The highest BCUT2D eigenvalue weighted by molar-refractivity contribution is 5.79. The molecule has 6 nitrogen and oxygen atoms in total. The van der Waals surface area contributed by atoms with Crippen LogP contribution in [0.2, 0.25) is 0 Å². The maximum Gasteiger partial charge on any atom is 0.387 e. The minimum atomic E-state index is -2.93. The van der Waals surface area contributed by atoms with Crippen molar-refractivity contribution in [2.75, 3.05) is 19.6 Å². The summed E-state index contributed by atoms with van der Waals surface area (Å²) in [7, 11) is 0. The highest BCUT2D eigenvalue weighted by Gasteiger charge is 2.23. The summed E-state index contributed by atoms with van der Waals surface area (Å²) in [4.78, 5) is 25.3. The Balaban J connectivity index is 2.09. The number of hydrogen-bond donors (Lipinski definition) is 2. The largest absolute Gasteiger partial charge is 0.434 e. The summed E-state index contributed by atoms with van der Waals surface area (Å²) >= 11 is 0. The van der Waals surface area contributed by atoms with Crippen LogP contribution in [0.15, 0.2) is 24.3 Å². The van der Waals surface area contributed by atoms with Crippen LogP contribution in [0.5, 0.6) is 5.75 Å². The van der Waals surface area contributed by atoms with Gasteiger partial charge >= 0.3 is 12.6 Å². The van der Waals surface area contributed by atoms with Crippen LogP contribution in [0.1, 0.15) is 31.4 Å². The van der Waals surface area contributed by atoms with E-state index in [1.165, 1.54) is 11.0 Å². The maximum atomic E-state index is 12.5. The molecule has 0 radical (unpaired) electrons. The Morgan fingerprint density at radius 1 is 1.38 bits per heavy atom. The zero-order chi connectivity index (χ0) is 17.5. The lowest BCUT2D eigenvalue weighted by atomic mass is 10.0. The molecule has 1 saturated heterocycles. The van der Waals surface area contributed by atoms with Crippen LogP contribution in [0, 0.1) is 0 Å². The van der Waals surface area contributed by atoms with Gasteiger partial charge in [-0.3, -0.25) is 4.79 Å². The van der Waals surface area contributed by atoms with Gasteiger partial charge in [0.05, 0.1) is 6.04 Å². The minimum absolute atomic E-state index is 0.0485. The number of nitrogens with zero attached hydrogens (tertiary/aromatic N) is 1. The van der Waals surface area contributed by atoms with Crippen LogP contribution in [-0.4, -0.2) is 43.1 Å². The molecule has 1 aromatic carbocycles. The van der Waals surface area contributed by atoms with Gasteiger partial charge in [0, 0.05) is 31.6 Å². The van der Waals surface area contributed by atoms with Crippen molar-refractivity contribution >= 4 is 11.9 Å². The molecule has 1 fully saturated rings. The number of nitrogens with one attached hydrogen (secondary N) is 2. The van der Waals surface area contributed by atoms with Gasteiger partial charge in [-0.25, -0.2) is 4.79 Å². The standard InChI is InChI=1S/C16H21F2N3O3/c1-2-12(11-5-3-4-6-13(11)24-15(17)18)20-16(23)21-9-7-14(22)19-8-10-21/h3-6,12,15H,2,7-10H2,1H3,(H,19,22)(H,20,23)/t12-/m0/s1. The van der Waals surface area contributed by atoms with E-state index in [1.54, 1.807) is 18.2 Å². The predicted octanol–water partition coefficient (Wildman–Crippen LogP) is 2.27. The first-order valence-electron chi connectivity index (χ1n) is 7.87. The number of halogens is 2. The molecule has 0 bridgehead atoms. The van der Waals surface area contributed by atoms with E-state index in [0.29, 0.717) is 31.6 Å². The first-order chi connectivity index (χ1) is 11.5. The summed E-state index contributed by atoms with van der Waals surface area (Å²) in [5.41, 5.74) is 0.498. The number of hydrogen-bond acceptors (Lipinski definition) is 3. The number of alkyl halides is 2. The Morgan fingerprint density at radius 3 is 2.83 bits per heavy atom. The van der Waals surface area contributed by atoms with Crippen LogP contribution >= 0.6 is 0 Å². The number of para-hydroxylation sites is 1. The van der Waals surface area contributed by atoms with Crippen molar-refractivity contribution in [3.63, 3.8) is 0 Å². The minimum Gasteiger partial charge on any atom is -0.434 e. The predicted molar refractivity (Wildman–Crippen MR) is 83.8 cm³/mol. The molecule has 1 aromatic rings. The Kier molecular flexibility index (Phi) is 6.34. The van der Waals surface area contributed by atoms with Crippen molar-refractivity contribution < 1.29 is 23.1 Å². The van der Waals surface area contributed by atoms with Crippen LogP contribution in [0.25, 0.3) is 0 Å². The van der Waals surface area contributed by atoms with Gasteiger partial charge in [-0.05, 0) is 12.5 Å². The molecule has 1 heterocycles. The fourth-order valence-electron chi connectivity index (χ4n) is 2.58. The molecular formula is C16H21F2N3O3. The van der Waals surface area contributed by atoms with Gasteiger partial charge in [0.15, 0.2) is 0 Å². The monoisotopic (exact) mass is 341 g/mol. The molecule has 0 aliphatic carbocycles. The molecule has 2 rings (SSSR count). The lowest BCUT2D eigenvalue weighted by molar-refractivity contribution is -0.120. The highest BCUT2D eigenvalue weighted by Crippen LogP contribution is 2.28. The lowest BCUT2D eigenvalue weighted by Gasteiger charge is -2.25. The van der Waals surface area contributed by atoms with Crippen molar-refractivity contribution in [2.24, 2.45) is 0 Å². The first-order valence-corrected chi connectivity index (χ1v) is 7.87. The number of rotatable bonds is 5. The van der Waals surface area contributed by atoms with Crippen LogP contribution in [0.3, 0.4) is 0 Å². The lowest BCUT2D eigenvalue weighted by Crippen LogP contribution is -2.43. The van der Waals surface area contributed by atoms with Crippen molar-refractivity contribution in [1.29, 1.82) is 0 Å². The number of carbonyl (C=O) groups is 2. The van der Waals surface area contributed by atoms with E-state index >= 15 is 0 Å². The smallest absolute Gasteiger partial charge is 0.387 e. The molecular weight excluding hydrogens is 320 g/mol. The third-order valence-corrected chi connectivity index (χ3v) is 3.82. The molecule has 132 valence electrons. The first kappa shape index (κ1) is 18.0. The molecule has 0 saturated carbocycles. The summed E-state index contributed by atoms with van der Waals surface area (Å²) in [6.45, 7) is 0.0418. The van der Waals surface area contributed by atoms with Crippen molar-refractivity contribution in [2.45, 2.75) is 32.4 Å². The Labute approximate surface area is 139 Å². The third-order valence-electron chi connectivity index (χ3n) is 3.82. The summed E-state index contributed by atoms with van der Waals surface area (Å²) in [5.74, 6) is -0.0413. The highest BCUT2D eigenvalue weighted by atomic mass is 19.3. The molecule has 1 atom stereocenters. The molecule has 0 unspecified atom stereocenters. The van der Waals surface area contributed by atoms with Crippen LogP contribution in [-0.2, 0) is 4.79 Å². The summed E-state index contributed by atoms with van der Waals surface area (Å²) < 4.78 is 29.6. The number of amides is 3. The van der Waals surface area contributed by atoms with E-state index in [4.69, 9.17) is 0 Å². The van der Waals surface area contributed by atoms with E-state index in [2.05, 4.69) is 15.4 Å². The summed E-state index contributed by atoms with van der Waals surface area (Å²) in [5, 5.41) is 5.53. The van der Waals surface area contributed by atoms with Crippen molar-refractivity contribution in [3.05, 3.63) is 29.8 Å². The fourth-order valence-corrected chi connectivity index (χ4v) is 2.58. The number of urea groups is 1. The number of carbonyl (C=O) groups excluding carboxylic acids is 2. The molecule has 1 aliphatic rings. The van der Waals surface area contributed by atoms with Gasteiger partial charge in [-0.15, -0.1) is 0 Å².